The van der Waals surface area contributed by atoms with E-state index >= 15 is 0 Å². The average Bonchev–Trinajstić information content (AvgIpc) is 3.16. The van der Waals surface area contributed by atoms with Gasteiger partial charge in [-0.05, 0) is 30.2 Å². The Labute approximate surface area is 183 Å². The largest absolute Gasteiger partial charge is 0.481 e. The van der Waals surface area contributed by atoms with Gasteiger partial charge in [0.2, 0.25) is 0 Å². The van der Waals surface area contributed by atoms with Gasteiger partial charge in [0.25, 0.3) is 0 Å². The van der Waals surface area contributed by atoms with E-state index in [9.17, 15) is 19.2 Å². The SMILES string of the molecule is C[C@H](C(=O)O)c1cccc(OC(=O)NC[C@H]2C(=O)OCN2C(=O)OCc2ccccc2)c1. The van der Waals surface area contributed by atoms with E-state index in [1.54, 1.807) is 24.3 Å². The number of ether oxygens (including phenoxy) is 3. The van der Waals surface area contributed by atoms with Crippen molar-refractivity contribution < 1.29 is 38.5 Å². The fourth-order valence-corrected chi connectivity index (χ4v) is 2.94. The summed E-state index contributed by atoms with van der Waals surface area (Å²) in [5.74, 6) is -2.32. The summed E-state index contributed by atoms with van der Waals surface area (Å²) in [4.78, 5) is 48.7. The van der Waals surface area contributed by atoms with Gasteiger partial charge in [0.05, 0.1) is 12.5 Å². The number of esters is 1. The lowest BCUT2D eigenvalue weighted by atomic mass is 10.0. The standard InChI is InChI=1S/C22H22N2O8/c1-14(19(25)26)16-8-5-9-17(10-16)32-21(28)23-11-18-20(27)31-13-24(18)22(29)30-12-15-6-3-2-4-7-15/h2-10,14,18H,11-13H2,1H3,(H,23,28)(H,25,26)/t14-,18-/m0/s1. The number of carbonyl (C=O) groups excluding carboxylic acids is 3. The summed E-state index contributed by atoms with van der Waals surface area (Å²) >= 11 is 0. The summed E-state index contributed by atoms with van der Waals surface area (Å²) in [6.45, 7) is 1.00. The predicted molar refractivity (Wildman–Crippen MR) is 110 cm³/mol. The Morgan fingerprint density at radius 1 is 1.19 bits per heavy atom. The van der Waals surface area contributed by atoms with E-state index in [-0.39, 0.29) is 25.6 Å². The molecule has 0 bridgehead atoms. The van der Waals surface area contributed by atoms with Crippen molar-refractivity contribution in [1.29, 1.82) is 0 Å². The molecule has 1 saturated heterocycles. The van der Waals surface area contributed by atoms with Gasteiger partial charge in [-0.1, -0.05) is 42.5 Å². The van der Waals surface area contributed by atoms with Crippen LogP contribution in [0.1, 0.15) is 24.0 Å². The lowest BCUT2D eigenvalue weighted by Gasteiger charge is -2.20. The van der Waals surface area contributed by atoms with Gasteiger partial charge in [0, 0.05) is 0 Å². The summed E-state index contributed by atoms with van der Waals surface area (Å²) in [5, 5.41) is 11.5. The quantitative estimate of drug-likeness (QED) is 0.625. The van der Waals surface area contributed by atoms with Gasteiger partial charge in [0.15, 0.2) is 12.8 Å². The smallest absolute Gasteiger partial charge is 0.413 e. The average molecular weight is 442 g/mol. The zero-order chi connectivity index (χ0) is 23.1. The number of carboxylic acids is 1. The normalized spacial score (nSPS) is 16.1. The van der Waals surface area contributed by atoms with Crippen LogP contribution in [0.5, 0.6) is 5.75 Å². The van der Waals surface area contributed by atoms with Gasteiger partial charge in [-0.25, -0.2) is 14.4 Å². The maximum Gasteiger partial charge on any atom is 0.413 e. The molecule has 1 aliphatic rings. The zero-order valence-corrected chi connectivity index (χ0v) is 17.2. The van der Waals surface area contributed by atoms with Crippen LogP contribution in [-0.4, -0.2) is 53.4 Å². The molecule has 2 aromatic carbocycles. The van der Waals surface area contributed by atoms with Gasteiger partial charge in [-0.3, -0.25) is 9.69 Å². The molecule has 2 atom stereocenters. The summed E-state index contributed by atoms with van der Waals surface area (Å²) < 4.78 is 15.3. The lowest BCUT2D eigenvalue weighted by Crippen LogP contribution is -2.46. The number of rotatable bonds is 7. The number of amides is 2. The second kappa shape index (κ2) is 10.3. The first-order chi connectivity index (χ1) is 15.3. The summed E-state index contributed by atoms with van der Waals surface area (Å²) in [5.41, 5.74) is 1.25. The number of carbonyl (C=O) groups is 4. The van der Waals surface area contributed by atoms with E-state index in [1.165, 1.54) is 19.1 Å². The van der Waals surface area contributed by atoms with Crippen LogP contribution in [0.15, 0.2) is 54.6 Å². The Hall–Kier alpha value is -4.08. The van der Waals surface area contributed by atoms with Crippen LogP contribution in [0.4, 0.5) is 9.59 Å². The minimum absolute atomic E-state index is 0.0255. The van der Waals surface area contributed by atoms with Crippen molar-refractivity contribution in [2.45, 2.75) is 25.5 Å². The van der Waals surface area contributed by atoms with Crippen molar-refractivity contribution >= 4 is 24.1 Å². The minimum Gasteiger partial charge on any atom is -0.481 e. The molecule has 0 radical (unpaired) electrons. The van der Waals surface area contributed by atoms with E-state index in [4.69, 9.17) is 19.3 Å². The first-order valence-electron chi connectivity index (χ1n) is 9.77. The molecular weight excluding hydrogens is 420 g/mol. The van der Waals surface area contributed by atoms with Crippen molar-refractivity contribution in [3.8, 4) is 5.75 Å². The minimum atomic E-state index is -1.07. The van der Waals surface area contributed by atoms with Crippen molar-refractivity contribution in [2.75, 3.05) is 13.3 Å². The molecule has 2 N–H and O–H groups in total. The molecule has 168 valence electrons. The second-order valence-electron chi connectivity index (χ2n) is 7.02. The van der Waals surface area contributed by atoms with Gasteiger partial charge in [-0.15, -0.1) is 0 Å². The highest BCUT2D eigenvalue weighted by atomic mass is 16.6. The third-order valence-electron chi connectivity index (χ3n) is 4.81. The number of hydrogen-bond donors (Lipinski definition) is 2. The molecule has 2 aromatic rings. The maximum absolute atomic E-state index is 12.3. The third-order valence-corrected chi connectivity index (χ3v) is 4.81. The summed E-state index contributed by atoms with van der Waals surface area (Å²) in [6, 6.07) is 14.1. The number of nitrogens with one attached hydrogen (secondary N) is 1. The van der Waals surface area contributed by atoms with Gasteiger partial charge in [0.1, 0.15) is 12.4 Å². The molecule has 0 unspecified atom stereocenters. The van der Waals surface area contributed by atoms with Crippen LogP contribution < -0.4 is 10.1 Å². The summed E-state index contributed by atoms with van der Waals surface area (Å²) in [7, 11) is 0. The molecule has 3 rings (SSSR count). The Bertz CT molecular complexity index is 994. The predicted octanol–water partition coefficient (Wildman–Crippen LogP) is 2.48. The maximum atomic E-state index is 12.3. The Morgan fingerprint density at radius 2 is 1.94 bits per heavy atom. The lowest BCUT2D eigenvalue weighted by molar-refractivity contribution is -0.139. The van der Waals surface area contributed by atoms with Crippen LogP contribution in [0.2, 0.25) is 0 Å². The van der Waals surface area contributed by atoms with Crippen LogP contribution in [-0.2, 0) is 25.7 Å². The van der Waals surface area contributed by atoms with E-state index < -0.39 is 36.1 Å². The number of aliphatic carboxylic acids is 1. The summed E-state index contributed by atoms with van der Waals surface area (Å²) in [6.07, 6.45) is -1.63. The van der Waals surface area contributed by atoms with Crippen molar-refractivity contribution in [1.82, 2.24) is 10.2 Å². The van der Waals surface area contributed by atoms with Crippen LogP contribution >= 0.6 is 0 Å². The van der Waals surface area contributed by atoms with Crippen molar-refractivity contribution in [3.05, 3.63) is 65.7 Å². The van der Waals surface area contributed by atoms with Gasteiger partial charge < -0.3 is 24.6 Å². The molecule has 1 aliphatic heterocycles. The molecule has 1 fully saturated rings. The van der Waals surface area contributed by atoms with E-state index in [1.807, 2.05) is 18.2 Å². The molecule has 10 heteroatoms. The topological polar surface area (TPSA) is 131 Å². The fourth-order valence-electron chi connectivity index (χ4n) is 2.94. The Morgan fingerprint density at radius 3 is 2.66 bits per heavy atom. The molecule has 0 spiro atoms. The van der Waals surface area contributed by atoms with E-state index in [2.05, 4.69) is 5.32 Å². The van der Waals surface area contributed by atoms with E-state index in [0.717, 1.165) is 10.5 Å². The molecular formula is C22H22N2O8. The highest BCUT2D eigenvalue weighted by molar-refractivity contribution is 5.84. The Kier molecular flexibility index (Phi) is 7.27. The second-order valence-corrected chi connectivity index (χ2v) is 7.02. The zero-order valence-electron chi connectivity index (χ0n) is 17.2. The molecule has 32 heavy (non-hydrogen) atoms. The molecule has 0 aromatic heterocycles. The Balaban J connectivity index is 1.53. The van der Waals surface area contributed by atoms with Crippen LogP contribution in [0.3, 0.4) is 0 Å². The molecule has 10 nitrogen and oxygen atoms in total. The van der Waals surface area contributed by atoms with Crippen molar-refractivity contribution in [2.24, 2.45) is 0 Å². The monoisotopic (exact) mass is 442 g/mol. The fraction of sp³-hybridized carbons (Fsp3) is 0.273. The van der Waals surface area contributed by atoms with Crippen LogP contribution in [0.25, 0.3) is 0 Å². The third kappa shape index (κ3) is 5.75. The molecule has 2 amide bonds. The number of hydrogen-bond acceptors (Lipinski definition) is 7. The van der Waals surface area contributed by atoms with E-state index in [0.29, 0.717) is 5.56 Å². The highest BCUT2D eigenvalue weighted by Gasteiger charge is 2.39. The molecule has 0 aliphatic carbocycles. The van der Waals surface area contributed by atoms with Gasteiger partial charge >= 0.3 is 24.1 Å². The molecule has 1 heterocycles. The first kappa shape index (κ1) is 22.6. The number of cyclic esters (lactones) is 1. The van der Waals surface area contributed by atoms with Crippen LogP contribution in [0, 0.1) is 0 Å². The molecule has 0 saturated carbocycles. The number of nitrogens with zero attached hydrogens (tertiary/aromatic N) is 1. The number of benzene rings is 2. The first-order valence-corrected chi connectivity index (χ1v) is 9.77. The highest BCUT2D eigenvalue weighted by Crippen LogP contribution is 2.21. The van der Waals surface area contributed by atoms with Crippen molar-refractivity contribution in [3.63, 3.8) is 0 Å². The number of carboxylic acid groups (broad SMARTS) is 1. The van der Waals surface area contributed by atoms with Gasteiger partial charge in [-0.2, -0.15) is 0 Å².